The zero-order chi connectivity index (χ0) is 44.6. The quantitative estimate of drug-likeness (QED) is 0.0236. The van der Waals surface area contributed by atoms with Crippen molar-refractivity contribution in [1.82, 2.24) is 0 Å². The molecule has 0 saturated heterocycles. The summed E-state index contributed by atoms with van der Waals surface area (Å²) >= 11 is 0. The number of unbranched alkanes of at least 4 members (excludes halogenated alkanes) is 35. The zero-order valence-corrected chi connectivity index (χ0v) is 41.1. The minimum Gasteiger partial charge on any atom is -0.457 e. The molecule has 3 atom stereocenters. The van der Waals surface area contributed by atoms with Crippen LogP contribution in [-0.4, -0.2) is 66.3 Å². The third kappa shape index (κ3) is 48.5. The van der Waals surface area contributed by atoms with Gasteiger partial charge < -0.3 is 24.6 Å². The highest BCUT2D eigenvalue weighted by molar-refractivity contribution is 7.47. The first-order valence-electron chi connectivity index (χ1n) is 26.2. The molecule has 0 radical (unpaired) electrons. The molecule has 0 heterocycles. The number of allylic oxidation sites excluding steroid dienone is 2. The van der Waals surface area contributed by atoms with Gasteiger partial charge in [-0.2, -0.15) is 0 Å². The van der Waals surface area contributed by atoms with E-state index in [-0.39, 0.29) is 25.6 Å². The van der Waals surface area contributed by atoms with Gasteiger partial charge in [0.2, 0.25) is 0 Å². The average Bonchev–Trinajstić information content (AvgIpc) is 3.25. The second kappa shape index (κ2) is 48.7. The van der Waals surface area contributed by atoms with Crippen molar-refractivity contribution in [2.75, 3.05) is 33.0 Å². The average molecular weight is 889 g/mol. The molecule has 0 aliphatic rings. The van der Waals surface area contributed by atoms with Gasteiger partial charge >= 0.3 is 13.8 Å². The Balaban J connectivity index is 4.01. The molecular formula is C51H101O9P. The van der Waals surface area contributed by atoms with Gasteiger partial charge in [0.25, 0.3) is 0 Å². The third-order valence-corrected chi connectivity index (χ3v) is 12.7. The van der Waals surface area contributed by atoms with Gasteiger partial charge in [0.1, 0.15) is 12.2 Å². The van der Waals surface area contributed by atoms with E-state index in [2.05, 4.69) is 26.0 Å². The fourth-order valence-electron chi connectivity index (χ4n) is 7.71. The summed E-state index contributed by atoms with van der Waals surface area (Å²) in [5.41, 5.74) is 0. The lowest BCUT2D eigenvalue weighted by molar-refractivity contribution is -0.154. The highest BCUT2D eigenvalue weighted by Gasteiger charge is 2.26. The first kappa shape index (κ1) is 60.2. The fraction of sp³-hybridized carbons (Fsp3) is 0.941. The van der Waals surface area contributed by atoms with Crippen LogP contribution in [0.4, 0.5) is 0 Å². The summed E-state index contributed by atoms with van der Waals surface area (Å²) in [5, 5.41) is 18.4. The van der Waals surface area contributed by atoms with Gasteiger partial charge in [-0.3, -0.25) is 13.8 Å². The fourth-order valence-corrected chi connectivity index (χ4v) is 8.50. The van der Waals surface area contributed by atoms with Crippen molar-refractivity contribution >= 4 is 13.8 Å². The maximum Gasteiger partial charge on any atom is 0.472 e. The van der Waals surface area contributed by atoms with Crippen LogP contribution < -0.4 is 0 Å². The van der Waals surface area contributed by atoms with E-state index in [9.17, 15) is 19.4 Å². The van der Waals surface area contributed by atoms with Crippen molar-refractivity contribution < 1.29 is 43.0 Å². The van der Waals surface area contributed by atoms with E-state index < -0.39 is 33.2 Å². The summed E-state index contributed by atoms with van der Waals surface area (Å²) in [7, 11) is -4.52. The molecule has 0 aromatic carbocycles. The number of phosphoric acid groups is 1. The monoisotopic (exact) mass is 889 g/mol. The number of phosphoric ester groups is 1. The molecular weight excluding hydrogens is 788 g/mol. The van der Waals surface area contributed by atoms with Crippen molar-refractivity contribution in [3.63, 3.8) is 0 Å². The predicted molar refractivity (Wildman–Crippen MR) is 256 cm³/mol. The van der Waals surface area contributed by atoms with E-state index in [1.165, 1.54) is 199 Å². The van der Waals surface area contributed by atoms with Gasteiger partial charge in [-0.05, 0) is 38.5 Å². The van der Waals surface area contributed by atoms with E-state index in [0.29, 0.717) is 6.61 Å². The molecule has 3 unspecified atom stereocenters. The first-order chi connectivity index (χ1) is 29.8. The molecule has 0 fully saturated rings. The van der Waals surface area contributed by atoms with Crippen molar-refractivity contribution in [1.29, 1.82) is 0 Å². The minimum atomic E-state index is -4.52. The van der Waals surface area contributed by atoms with Crippen LogP contribution in [0.5, 0.6) is 0 Å². The van der Waals surface area contributed by atoms with Crippen LogP contribution in [0.1, 0.15) is 264 Å². The smallest absolute Gasteiger partial charge is 0.457 e. The van der Waals surface area contributed by atoms with Crippen LogP contribution in [0.2, 0.25) is 0 Å². The molecule has 0 saturated carbocycles. The van der Waals surface area contributed by atoms with Crippen molar-refractivity contribution in [3.8, 4) is 0 Å². The lowest BCUT2D eigenvalue weighted by atomic mass is 10.0. The van der Waals surface area contributed by atoms with Crippen LogP contribution in [0, 0.1) is 0 Å². The molecule has 0 rings (SSSR count). The predicted octanol–water partition coefficient (Wildman–Crippen LogP) is 15.2. The molecule has 0 aliphatic carbocycles. The van der Waals surface area contributed by atoms with Crippen LogP contribution >= 0.6 is 7.82 Å². The van der Waals surface area contributed by atoms with E-state index >= 15 is 0 Å². The van der Waals surface area contributed by atoms with Crippen LogP contribution in [0.15, 0.2) is 12.2 Å². The number of ether oxygens (including phenoxy) is 2. The Kier molecular flexibility index (Phi) is 48.0. The number of carbonyl (C=O) groups excluding carboxylic acids is 1. The Morgan fingerprint density at radius 2 is 0.836 bits per heavy atom. The third-order valence-electron chi connectivity index (χ3n) is 11.7. The Bertz CT molecular complexity index is 964. The summed E-state index contributed by atoms with van der Waals surface area (Å²) < 4.78 is 33.5. The number of hydrogen-bond donors (Lipinski definition) is 3. The lowest BCUT2D eigenvalue weighted by Gasteiger charge is -2.20. The van der Waals surface area contributed by atoms with Gasteiger partial charge in [0, 0.05) is 13.0 Å². The zero-order valence-electron chi connectivity index (χ0n) is 40.2. The summed E-state index contributed by atoms with van der Waals surface area (Å²) in [4.78, 5) is 22.7. The van der Waals surface area contributed by atoms with Crippen molar-refractivity contribution in [3.05, 3.63) is 12.2 Å². The maximum atomic E-state index is 12.7. The van der Waals surface area contributed by atoms with Gasteiger partial charge in [-0.25, -0.2) is 4.57 Å². The SMILES string of the molecule is CCCCCCCCC/C=C\CCCCCCCCOCC(COP(=O)(O)OCC(O)CO)OC(=O)CCCCCCCCCCCCCCCCCCCCCCCCC. The largest absolute Gasteiger partial charge is 0.472 e. The number of aliphatic hydroxyl groups is 2. The molecule has 364 valence electrons. The number of rotatable bonds is 51. The standard InChI is InChI=1S/C51H101O9P/c1-3-5-7-9-11-13-15-17-19-21-22-23-24-25-26-27-29-31-33-35-37-39-41-43-51(54)60-50(48-59-61(55,56)58-46-49(53)45-52)47-57-44-42-40-38-36-34-32-30-28-20-18-16-14-12-10-8-6-4-2/h20,28,49-50,52-53H,3-19,21-27,29-48H2,1-2H3,(H,55,56)/b28-20-. The normalized spacial score (nSPS) is 13.9. The Morgan fingerprint density at radius 1 is 0.492 bits per heavy atom. The molecule has 61 heavy (non-hydrogen) atoms. The first-order valence-corrected chi connectivity index (χ1v) is 27.7. The molecule has 0 aliphatic heterocycles. The number of esters is 1. The summed E-state index contributed by atoms with van der Waals surface area (Å²) in [6.07, 6.45) is 51.8. The molecule has 9 nitrogen and oxygen atoms in total. The van der Waals surface area contributed by atoms with E-state index in [0.717, 1.165) is 44.9 Å². The van der Waals surface area contributed by atoms with E-state index in [1.54, 1.807) is 0 Å². The summed E-state index contributed by atoms with van der Waals surface area (Å²) in [6, 6.07) is 0. The Hall–Kier alpha value is -0.800. The van der Waals surface area contributed by atoms with Crippen molar-refractivity contribution in [2.24, 2.45) is 0 Å². The number of carbonyl (C=O) groups is 1. The van der Waals surface area contributed by atoms with Gasteiger partial charge in [-0.15, -0.1) is 0 Å². The van der Waals surface area contributed by atoms with Crippen LogP contribution in [0.25, 0.3) is 0 Å². The second-order valence-corrected chi connectivity index (χ2v) is 19.4. The maximum absolute atomic E-state index is 12.7. The summed E-state index contributed by atoms with van der Waals surface area (Å²) in [5.74, 6) is -0.377. The van der Waals surface area contributed by atoms with Crippen LogP contribution in [-0.2, 0) is 27.9 Å². The molecule has 0 aromatic rings. The molecule has 0 amide bonds. The highest BCUT2D eigenvalue weighted by Crippen LogP contribution is 2.43. The molecule has 0 bridgehead atoms. The minimum absolute atomic E-state index is 0.0512. The van der Waals surface area contributed by atoms with Crippen molar-refractivity contribution in [2.45, 2.75) is 276 Å². The second-order valence-electron chi connectivity index (χ2n) is 17.9. The van der Waals surface area contributed by atoms with E-state index in [4.69, 9.17) is 23.6 Å². The van der Waals surface area contributed by atoms with Crippen LogP contribution in [0.3, 0.4) is 0 Å². The van der Waals surface area contributed by atoms with Gasteiger partial charge in [-0.1, -0.05) is 231 Å². The lowest BCUT2D eigenvalue weighted by Crippen LogP contribution is -2.29. The molecule has 0 aromatic heterocycles. The highest BCUT2D eigenvalue weighted by atomic mass is 31.2. The van der Waals surface area contributed by atoms with E-state index in [1.807, 2.05) is 0 Å². The Labute approximate surface area is 377 Å². The number of hydrogen-bond acceptors (Lipinski definition) is 8. The molecule has 3 N–H and O–H groups in total. The summed E-state index contributed by atoms with van der Waals surface area (Å²) in [6.45, 7) is 3.57. The van der Waals surface area contributed by atoms with Gasteiger partial charge in [0.05, 0.1) is 26.4 Å². The topological polar surface area (TPSA) is 132 Å². The number of aliphatic hydroxyl groups excluding tert-OH is 2. The molecule has 0 spiro atoms. The Morgan fingerprint density at radius 3 is 1.23 bits per heavy atom. The molecule has 10 heteroatoms. The van der Waals surface area contributed by atoms with Gasteiger partial charge in [0.15, 0.2) is 0 Å².